The Labute approximate surface area is 169 Å². The third-order valence-corrected chi connectivity index (χ3v) is 5.99. The summed E-state index contributed by atoms with van der Waals surface area (Å²) in [5.41, 5.74) is 1.01. The number of benzene rings is 2. The van der Waals surface area contributed by atoms with Crippen LogP contribution in [0.2, 0.25) is 0 Å². The number of hydrogen-bond donors (Lipinski definition) is 1. The lowest BCUT2D eigenvalue weighted by Gasteiger charge is -2.10. The van der Waals surface area contributed by atoms with Gasteiger partial charge in [0.1, 0.15) is 5.83 Å². The van der Waals surface area contributed by atoms with E-state index in [0.717, 1.165) is 35.0 Å². The fourth-order valence-electron chi connectivity index (χ4n) is 3.47. The van der Waals surface area contributed by atoms with Gasteiger partial charge in [0.15, 0.2) is 0 Å². The van der Waals surface area contributed by atoms with E-state index in [1.165, 1.54) is 18.2 Å². The van der Waals surface area contributed by atoms with E-state index in [1.807, 2.05) is 0 Å². The Morgan fingerprint density at radius 1 is 1.10 bits per heavy atom. The number of fused-ring (bicyclic) bond motifs is 1. The van der Waals surface area contributed by atoms with Gasteiger partial charge in [-0.05, 0) is 34.9 Å². The van der Waals surface area contributed by atoms with Crippen LogP contribution in [0.15, 0.2) is 70.4 Å². The highest BCUT2D eigenvalue weighted by Crippen LogP contribution is 2.46. The molecule has 148 valence electrons. The van der Waals surface area contributed by atoms with E-state index in [0.29, 0.717) is 5.03 Å². The summed E-state index contributed by atoms with van der Waals surface area (Å²) in [6.07, 6.45) is -1.53. The van der Waals surface area contributed by atoms with Gasteiger partial charge < -0.3 is 5.32 Å². The van der Waals surface area contributed by atoms with Crippen LogP contribution in [0.3, 0.4) is 0 Å². The van der Waals surface area contributed by atoms with E-state index in [9.17, 15) is 22.4 Å². The summed E-state index contributed by atoms with van der Waals surface area (Å²) >= 11 is 1.10. The molecular formula is C22H15F4NOS. The number of carbonyl (C=O) groups excluding carboxylic acids is 1. The predicted molar refractivity (Wildman–Crippen MR) is 106 cm³/mol. The van der Waals surface area contributed by atoms with Gasteiger partial charge in [-0.1, -0.05) is 54.2 Å². The highest BCUT2D eigenvalue weighted by molar-refractivity contribution is 8.08. The number of nitrogens with one attached hydrogen (secondary N) is 1. The molecule has 0 saturated carbocycles. The molecule has 1 heterocycles. The Hall–Kier alpha value is -2.80. The average molecular weight is 417 g/mol. The first-order valence-electron chi connectivity index (χ1n) is 8.79. The number of carbonyl (C=O) groups is 1. The van der Waals surface area contributed by atoms with Crippen LogP contribution < -0.4 is 5.32 Å². The monoisotopic (exact) mass is 417 g/mol. The van der Waals surface area contributed by atoms with Gasteiger partial charge in [0.05, 0.1) is 27.0 Å². The van der Waals surface area contributed by atoms with Crippen molar-refractivity contribution in [3.05, 3.63) is 92.6 Å². The zero-order valence-corrected chi connectivity index (χ0v) is 16.0. The smallest absolute Gasteiger partial charge is 0.382 e. The quantitative estimate of drug-likeness (QED) is 0.498. The molecule has 0 bridgehead atoms. The fourth-order valence-corrected chi connectivity index (χ4v) is 4.50. The van der Waals surface area contributed by atoms with Crippen molar-refractivity contribution < 1.29 is 22.4 Å². The third kappa shape index (κ3) is 3.51. The largest absolute Gasteiger partial charge is 0.416 e. The third-order valence-electron chi connectivity index (χ3n) is 4.84. The van der Waals surface area contributed by atoms with Gasteiger partial charge in [-0.2, -0.15) is 13.2 Å². The number of thioether (sulfide) groups is 1. The van der Waals surface area contributed by atoms with Crippen molar-refractivity contribution in [2.75, 3.05) is 7.05 Å². The number of alkyl halides is 3. The van der Waals surface area contributed by atoms with E-state index < -0.39 is 23.4 Å². The zero-order chi connectivity index (χ0) is 20.8. The summed E-state index contributed by atoms with van der Waals surface area (Å²) in [5, 5.41) is 3.32. The minimum atomic E-state index is -4.51. The second kappa shape index (κ2) is 7.22. The highest BCUT2D eigenvalue weighted by atomic mass is 32.2. The number of hydrogen-bond acceptors (Lipinski definition) is 3. The molecule has 2 aromatic carbocycles. The van der Waals surface area contributed by atoms with Gasteiger partial charge >= 0.3 is 6.18 Å². The number of rotatable bonds is 3. The molecule has 0 saturated heterocycles. The topological polar surface area (TPSA) is 29.1 Å². The van der Waals surface area contributed by atoms with E-state index in [4.69, 9.17) is 0 Å². The van der Waals surface area contributed by atoms with Crippen molar-refractivity contribution in [2.45, 2.75) is 12.1 Å². The normalized spacial score (nSPS) is 20.3. The first-order valence-corrected chi connectivity index (χ1v) is 9.61. The molecule has 1 aliphatic carbocycles. The molecule has 0 amide bonds. The van der Waals surface area contributed by atoms with Gasteiger partial charge in [-0.15, -0.1) is 0 Å². The number of allylic oxidation sites excluding steroid dienone is 4. The van der Waals surface area contributed by atoms with Crippen LogP contribution in [0.4, 0.5) is 17.6 Å². The van der Waals surface area contributed by atoms with Gasteiger partial charge in [0.2, 0.25) is 5.78 Å². The van der Waals surface area contributed by atoms with E-state index >= 15 is 0 Å². The van der Waals surface area contributed by atoms with Gasteiger partial charge in [-0.3, -0.25) is 4.79 Å². The maximum Gasteiger partial charge on any atom is 0.416 e. The van der Waals surface area contributed by atoms with Crippen LogP contribution in [-0.4, -0.2) is 12.8 Å². The van der Waals surface area contributed by atoms with Crippen LogP contribution in [0.25, 0.3) is 11.6 Å². The van der Waals surface area contributed by atoms with Crippen LogP contribution in [0.1, 0.15) is 28.2 Å². The first kappa shape index (κ1) is 19.5. The van der Waals surface area contributed by atoms with Crippen molar-refractivity contribution in [3.63, 3.8) is 0 Å². The second-order valence-corrected chi connectivity index (χ2v) is 7.68. The number of ketones is 1. The maximum absolute atomic E-state index is 14.5. The zero-order valence-electron chi connectivity index (χ0n) is 15.2. The molecule has 2 aliphatic rings. The van der Waals surface area contributed by atoms with Crippen molar-refractivity contribution in [1.82, 2.24) is 5.32 Å². The summed E-state index contributed by atoms with van der Waals surface area (Å²) in [6, 6.07) is 11.8. The standard InChI is InChI=1S/C22H15F4NOS/c1-27-21-19(13-6-4-7-14(9-13)22(24,25)26)20(28)18(29-21)11-16-15-8-3-2-5-12(15)10-17(16)23/h2-11,16,27H,1H3/b18-11-. The summed E-state index contributed by atoms with van der Waals surface area (Å²) in [6.45, 7) is 0. The summed E-state index contributed by atoms with van der Waals surface area (Å²) < 4.78 is 53.7. The minimum Gasteiger partial charge on any atom is -0.382 e. The molecular weight excluding hydrogens is 402 g/mol. The van der Waals surface area contributed by atoms with Crippen molar-refractivity contribution in [2.24, 2.45) is 0 Å². The van der Waals surface area contributed by atoms with Crippen LogP contribution in [0.5, 0.6) is 0 Å². The molecule has 1 unspecified atom stereocenters. The number of halogens is 4. The lowest BCUT2D eigenvalue weighted by atomic mass is 9.96. The molecule has 4 rings (SSSR count). The second-order valence-electron chi connectivity index (χ2n) is 6.63. The Morgan fingerprint density at radius 3 is 2.59 bits per heavy atom. The van der Waals surface area contributed by atoms with Gasteiger partial charge in [-0.25, -0.2) is 4.39 Å². The molecule has 7 heteroatoms. The summed E-state index contributed by atoms with van der Waals surface area (Å²) in [4.78, 5) is 13.3. The van der Waals surface area contributed by atoms with Crippen molar-refractivity contribution in [1.29, 1.82) is 0 Å². The molecule has 2 nitrogen and oxygen atoms in total. The molecule has 0 radical (unpaired) electrons. The molecule has 0 aromatic heterocycles. The Morgan fingerprint density at radius 2 is 1.86 bits per heavy atom. The molecule has 1 aliphatic heterocycles. The van der Waals surface area contributed by atoms with Gasteiger partial charge in [0, 0.05) is 7.05 Å². The van der Waals surface area contributed by atoms with E-state index in [-0.39, 0.29) is 21.9 Å². The average Bonchev–Trinajstić information content (AvgIpc) is 3.18. The molecule has 0 fully saturated rings. The first-order chi connectivity index (χ1) is 13.8. The predicted octanol–water partition coefficient (Wildman–Crippen LogP) is 5.90. The van der Waals surface area contributed by atoms with Crippen molar-refractivity contribution >= 4 is 29.2 Å². The number of Topliss-reactive ketones (excluding diaryl/α,β-unsaturated/α-hetero) is 1. The molecule has 1 N–H and O–H groups in total. The van der Waals surface area contributed by atoms with Crippen molar-refractivity contribution in [3.8, 4) is 0 Å². The molecule has 0 spiro atoms. The molecule has 2 aromatic rings. The van der Waals surface area contributed by atoms with E-state index in [2.05, 4.69) is 5.32 Å². The van der Waals surface area contributed by atoms with Crippen LogP contribution >= 0.6 is 11.8 Å². The summed E-state index contributed by atoms with van der Waals surface area (Å²) in [7, 11) is 1.59. The SMILES string of the molecule is CNC1=C(c2cccc(C(F)(F)F)c2)C(=O)/C(=C/C2C(F)=Cc3ccccc32)S1. The van der Waals surface area contributed by atoms with Crippen LogP contribution in [0, 0.1) is 0 Å². The Balaban J connectivity index is 1.72. The Bertz CT molecular complexity index is 1100. The Kier molecular flexibility index (Phi) is 4.86. The lowest BCUT2D eigenvalue weighted by molar-refractivity contribution is -0.137. The molecule has 1 atom stereocenters. The lowest BCUT2D eigenvalue weighted by Crippen LogP contribution is -2.08. The van der Waals surface area contributed by atoms with Gasteiger partial charge in [0.25, 0.3) is 0 Å². The summed E-state index contributed by atoms with van der Waals surface area (Å²) in [5.74, 6) is -1.47. The van der Waals surface area contributed by atoms with E-state index in [1.54, 1.807) is 37.4 Å². The highest BCUT2D eigenvalue weighted by Gasteiger charge is 2.35. The van der Waals surface area contributed by atoms with Crippen LogP contribution in [-0.2, 0) is 11.0 Å². The fraction of sp³-hybridized carbons (Fsp3) is 0.136. The maximum atomic E-state index is 14.5. The molecule has 29 heavy (non-hydrogen) atoms. The minimum absolute atomic E-state index is 0.158.